The van der Waals surface area contributed by atoms with Gasteiger partial charge in [0.05, 0.1) is 22.1 Å². The van der Waals surface area contributed by atoms with E-state index in [-0.39, 0.29) is 16.6 Å². The predicted molar refractivity (Wildman–Crippen MR) is 162 cm³/mol. The summed E-state index contributed by atoms with van der Waals surface area (Å²) >= 11 is 0. The zero-order chi connectivity index (χ0) is 28.3. The first kappa shape index (κ1) is 24.8. The Hall–Kier alpha value is -4.19. The van der Waals surface area contributed by atoms with Crippen LogP contribution in [-0.2, 0) is 10.8 Å². The first-order chi connectivity index (χ1) is 18.9. The molecule has 0 fully saturated rings. The molecule has 5 nitrogen and oxygen atoms in total. The highest BCUT2D eigenvalue weighted by Gasteiger charge is 2.28. The minimum absolute atomic E-state index is 0.182. The monoisotopic (exact) mass is 529 g/mol. The molecule has 0 unspecified atom stereocenters. The summed E-state index contributed by atoms with van der Waals surface area (Å²) in [5.74, 6) is 2.01. The molecule has 0 bridgehead atoms. The van der Waals surface area contributed by atoms with Crippen molar-refractivity contribution in [1.29, 1.82) is 0 Å². The number of rotatable bonds is 1. The second kappa shape index (κ2) is 7.94. The molecule has 0 atom stereocenters. The van der Waals surface area contributed by atoms with Gasteiger partial charge in [-0.15, -0.1) is 0 Å². The van der Waals surface area contributed by atoms with Crippen LogP contribution in [0.3, 0.4) is 0 Å². The van der Waals surface area contributed by atoms with Crippen molar-refractivity contribution in [2.24, 2.45) is 0 Å². The van der Waals surface area contributed by atoms with Crippen LogP contribution in [0.2, 0.25) is 0 Å². The molecule has 0 spiro atoms. The summed E-state index contributed by atoms with van der Waals surface area (Å²) in [5, 5.41) is 5.20. The van der Waals surface area contributed by atoms with Gasteiger partial charge in [0.15, 0.2) is 5.82 Å². The summed E-state index contributed by atoms with van der Waals surface area (Å²) in [6.45, 7) is 16.5. The molecule has 0 aliphatic rings. The Morgan fingerprint density at radius 3 is 2.10 bits per heavy atom. The van der Waals surface area contributed by atoms with E-state index in [1.54, 1.807) is 0 Å². The number of para-hydroxylation sites is 1. The first-order valence-corrected chi connectivity index (χ1v) is 13.8. The van der Waals surface area contributed by atoms with E-state index in [4.69, 9.17) is 19.9 Å². The summed E-state index contributed by atoms with van der Waals surface area (Å²) in [6, 6.07) is 14.5. The zero-order valence-corrected chi connectivity index (χ0v) is 24.2. The Morgan fingerprint density at radius 2 is 1.43 bits per heavy atom. The maximum atomic E-state index is 15.5. The maximum Gasteiger partial charge on any atom is 0.164 e. The number of nitrogens with zero attached hydrogens (tertiary/aromatic N) is 5. The van der Waals surface area contributed by atoms with Crippen molar-refractivity contribution < 1.29 is 4.39 Å². The predicted octanol–water partition coefficient (Wildman–Crippen LogP) is 8.59. The van der Waals surface area contributed by atoms with Gasteiger partial charge in [-0.1, -0.05) is 59.7 Å². The highest BCUT2D eigenvalue weighted by Crippen LogP contribution is 2.45. The summed E-state index contributed by atoms with van der Waals surface area (Å²) in [5.41, 5.74) is 5.45. The Morgan fingerprint density at radius 1 is 0.750 bits per heavy atom. The second-order valence-electron chi connectivity index (χ2n) is 13.1. The lowest BCUT2D eigenvalue weighted by molar-refractivity contribution is 0.497. The normalized spacial score (nSPS) is 13.1. The van der Waals surface area contributed by atoms with Gasteiger partial charge >= 0.3 is 0 Å². The number of aryl methyl sites for hydroxylation is 2. The fourth-order valence-electron chi connectivity index (χ4n) is 6.02. The third-order valence-corrected chi connectivity index (χ3v) is 8.01. The van der Waals surface area contributed by atoms with Gasteiger partial charge in [-0.05, 0) is 49.1 Å². The van der Waals surface area contributed by atoms with Crippen molar-refractivity contribution in [3.63, 3.8) is 0 Å². The quantitative estimate of drug-likeness (QED) is 0.158. The molecule has 0 aliphatic carbocycles. The van der Waals surface area contributed by atoms with Gasteiger partial charge in [0.25, 0.3) is 0 Å². The molecule has 0 saturated carbocycles. The van der Waals surface area contributed by atoms with Crippen LogP contribution in [0.25, 0.3) is 60.4 Å². The van der Waals surface area contributed by atoms with E-state index in [0.29, 0.717) is 17.0 Å². The molecule has 0 saturated heterocycles. The Balaban J connectivity index is 1.77. The third kappa shape index (κ3) is 3.31. The van der Waals surface area contributed by atoms with E-state index >= 15 is 4.39 Å². The lowest BCUT2D eigenvalue weighted by Gasteiger charge is -2.23. The van der Waals surface area contributed by atoms with Crippen LogP contribution in [0.5, 0.6) is 0 Å². The molecule has 0 radical (unpaired) electrons. The number of pyridine rings is 2. The summed E-state index contributed by atoms with van der Waals surface area (Å²) in [7, 11) is 0. The number of hydrogen-bond acceptors (Lipinski definition) is 4. The molecule has 0 aliphatic heterocycles. The molecule has 0 amide bonds. The summed E-state index contributed by atoms with van der Waals surface area (Å²) in [4.78, 5) is 19.9. The number of hydrogen-bond donors (Lipinski definition) is 0. The van der Waals surface area contributed by atoms with Crippen LogP contribution in [-0.4, -0.2) is 24.3 Å². The standard InChI is InChI=1S/C34H32FN5/c1-17-15-22-27-24-19(13-14-36-27)16-21(30-37-31(33(3,4)5)39-32(38-30)34(6,7)8)25-20-11-9-10-12-23(20)40(29(24)25)28(22)18(2)26(17)35/h9-16H,1-8H3. The molecular formula is C34H32FN5. The molecule has 40 heavy (non-hydrogen) atoms. The highest BCUT2D eigenvalue weighted by molar-refractivity contribution is 6.30. The largest absolute Gasteiger partial charge is 0.307 e. The van der Waals surface area contributed by atoms with E-state index in [0.717, 1.165) is 66.2 Å². The number of benzene rings is 3. The molecule has 7 rings (SSSR count). The molecule has 4 heterocycles. The van der Waals surface area contributed by atoms with Crippen LogP contribution in [0, 0.1) is 19.7 Å². The van der Waals surface area contributed by atoms with Gasteiger partial charge in [0, 0.05) is 49.7 Å². The fourth-order valence-corrected chi connectivity index (χ4v) is 6.02. The van der Waals surface area contributed by atoms with Crippen LogP contribution < -0.4 is 0 Å². The second-order valence-corrected chi connectivity index (χ2v) is 13.1. The topological polar surface area (TPSA) is 56.0 Å². The average Bonchev–Trinajstić information content (AvgIpc) is 3.25. The molecule has 7 aromatic rings. The van der Waals surface area contributed by atoms with Crippen molar-refractivity contribution in [2.75, 3.05) is 0 Å². The van der Waals surface area contributed by atoms with Gasteiger partial charge in [0.2, 0.25) is 0 Å². The molecule has 4 aromatic heterocycles. The van der Waals surface area contributed by atoms with E-state index in [2.05, 4.69) is 76.3 Å². The maximum absolute atomic E-state index is 15.5. The van der Waals surface area contributed by atoms with Crippen molar-refractivity contribution in [3.8, 4) is 11.4 Å². The SMILES string of the molecule is Cc1cc2c3nccc4cc(-c5nc(C(C)(C)C)nc(C(C)(C)C)n5)c5c6ccccc6n(c2c(C)c1F)c5c43. The Kier molecular flexibility index (Phi) is 4.92. The number of aromatic nitrogens is 5. The van der Waals surface area contributed by atoms with Gasteiger partial charge in [-0.25, -0.2) is 19.3 Å². The van der Waals surface area contributed by atoms with Crippen LogP contribution in [0.1, 0.15) is 64.3 Å². The van der Waals surface area contributed by atoms with Crippen molar-refractivity contribution in [3.05, 3.63) is 77.3 Å². The van der Waals surface area contributed by atoms with Crippen LogP contribution >= 0.6 is 0 Å². The smallest absolute Gasteiger partial charge is 0.164 e. The van der Waals surface area contributed by atoms with E-state index in [1.807, 2.05) is 32.2 Å². The number of fused-ring (bicyclic) bond motifs is 6. The van der Waals surface area contributed by atoms with E-state index in [1.165, 1.54) is 0 Å². The van der Waals surface area contributed by atoms with E-state index < -0.39 is 0 Å². The van der Waals surface area contributed by atoms with Gasteiger partial charge < -0.3 is 4.40 Å². The Labute approximate surface area is 232 Å². The minimum atomic E-state index is -0.254. The fraction of sp³-hybridized carbons (Fsp3) is 0.294. The zero-order valence-electron chi connectivity index (χ0n) is 24.2. The molecule has 200 valence electrons. The van der Waals surface area contributed by atoms with Crippen LogP contribution in [0.4, 0.5) is 4.39 Å². The van der Waals surface area contributed by atoms with E-state index in [9.17, 15) is 0 Å². The average molecular weight is 530 g/mol. The van der Waals surface area contributed by atoms with Gasteiger partial charge in [0.1, 0.15) is 17.5 Å². The lowest BCUT2D eigenvalue weighted by atomic mass is 9.92. The summed E-state index contributed by atoms with van der Waals surface area (Å²) < 4.78 is 17.7. The third-order valence-electron chi connectivity index (χ3n) is 8.01. The highest BCUT2D eigenvalue weighted by atomic mass is 19.1. The number of halogens is 1. The Bertz CT molecular complexity index is 2130. The van der Waals surface area contributed by atoms with Crippen molar-refractivity contribution in [1.82, 2.24) is 24.3 Å². The van der Waals surface area contributed by atoms with Crippen molar-refractivity contribution in [2.45, 2.75) is 66.2 Å². The molecule has 0 N–H and O–H groups in total. The van der Waals surface area contributed by atoms with Crippen molar-refractivity contribution >= 4 is 49.0 Å². The van der Waals surface area contributed by atoms with Gasteiger partial charge in [-0.3, -0.25) is 4.98 Å². The first-order valence-electron chi connectivity index (χ1n) is 13.8. The molecular weight excluding hydrogens is 497 g/mol. The van der Waals surface area contributed by atoms with Crippen LogP contribution in [0.15, 0.2) is 48.7 Å². The van der Waals surface area contributed by atoms with Gasteiger partial charge in [-0.2, -0.15) is 0 Å². The summed E-state index contributed by atoms with van der Waals surface area (Å²) in [6.07, 6.45) is 1.85. The molecule has 3 aromatic carbocycles. The minimum Gasteiger partial charge on any atom is -0.307 e. The lowest BCUT2D eigenvalue weighted by Crippen LogP contribution is -2.24. The molecule has 6 heteroatoms.